The maximum Gasteiger partial charge on any atom is 0.123 e. The first-order valence-electron chi connectivity index (χ1n) is 6.35. The fraction of sp³-hybridized carbons (Fsp3) is 0.250. The van der Waals surface area contributed by atoms with Crippen molar-refractivity contribution in [2.24, 2.45) is 0 Å². The van der Waals surface area contributed by atoms with Gasteiger partial charge < -0.3 is 14.8 Å². The van der Waals surface area contributed by atoms with Crippen LogP contribution >= 0.6 is 11.6 Å². The number of ether oxygens (including phenoxy) is 2. The highest BCUT2D eigenvalue weighted by atomic mass is 35.5. The second kappa shape index (κ2) is 6.64. The smallest absolute Gasteiger partial charge is 0.123 e. The van der Waals surface area contributed by atoms with Crippen LogP contribution in [0.15, 0.2) is 42.5 Å². The Morgan fingerprint density at radius 3 is 2.35 bits per heavy atom. The van der Waals surface area contributed by atoms with E-state index in [2.05, 4.69) is 5.32 Å². The van der Waals surface area contributed by atoms with Crippen molar-refractivity contribution in [2.45, 2.75) is 6.04 Å². The number of halogens is 1. The minimum absolute atomic E-state index is 0.0374. The van der Waals surface area contributed by atoms with E-state index in [1.807, 2.05) is 49.5 Å². The summed E-state index contributed by atoms with van der Waals surface area (Å²) in [5.74, 6) is 1.58. The molecule has 0 fully saturated rings. The first kappa shape index (κ1) is 14.7. The quantitative estimate of drug-likeness (QED) is 0.912. The molecule has 2 aromatic rings. The van der Waals surface area contributed by atoms with Gasteiger partial charge in [-0.3, -0.25) is 0 Å². The van der Waals surface area contributed by atoms with Gasteiger partial charge in [-0.05, 0) is 30.8 Å². The van der Waals surface area contributed by atoms with Crippen molar-refractivity contribution < 1.29 is 9.47 Å². The lowest BCUT2D eigenvalue weighted by atomic mass is 9.98. The molecule has 0 heterocycles. The Balaban J connectivity index is 2.47. The molecule has 1 N–H and O–H groups in total. The molecule has 0 aliphatic carbocycles. The highest BCUT2D eigenvalue weighted by Gasteiger charge is 2.19. The summed E-state index contributed by atoms with van der Waals surface area (Å²) in [5.41, 5.74) is 2.03. The van der Waals surface area contributed by atoms with E-state index >= 15 is 0 Å². The van der Waals surface area contributed by atoms with Crippen LogP contribution < -0.4 is 14.8 Å². The molecule has 4 heteroatoms. The van der Waals surface area contributed by atoms with E-state index in [1.54, 1.807) is 14.2 Å². The average molecular weight is 292 g/mol. The van der Waals surface area contributed by atoms with Crippen LogP contribution in [0, 0.1) is 0 Å². The van der Waals surface area contributed by atoms with Gasteiger partial charge in [-0.15, -0.1) is 0 Å². The number of para-hydroxylation sites is 1. The van der Waals surface area contributed by atoms with E-state index in [-0.39, 0.29) is 6.04 Å². The van der Waals surface area contributed by atoms with Gasteiger partial charge in [0.2, 0.25) is 0 Å². The van der Waals surface area contributed by atoms with E-state index in [1.165, 1.54) is 0 Å². The predicted octanol–water partition coefficient (Wildman–Crippen LogP) is 3.67. The standard InChI is InChI=1S/C16H18ClNO2/c1-18-16(13-6-4-5-7-15(13)20-3)12-9-8-11(19-2)10-14(12)17/h4-10,16,18H,1-3H3. The zero-order valence-corrected chi connectivity index (χ0v) is 12.6. The van der Waals surface area contributed by atoms with Crippen LogP contribution in [-0.2, 0) is 0 Å². The van der Waals surface area contributed by atoms with Crippen LogP contribution in [-0.4, -0.2) is 21.3 Å². The van der Waals surface area contributed by atoms with Crippen LogP contribution in [0.25, 0.3) is 0 Å². The van der Waals surface area contributed by atoms with Gasteiger partial charge in [0, 0.05) is 10.6 Å². The third kappa shape index (κ3) is 2.89. The van der Waals surface area contributed by atoms with Crippen molar-refractivity contribution in [3.05, 3.63) is 58.6 Å². The predicted molar refractivity (Wildman–Crippen MR) is 81.9 cm³/mol. The summed E-state index contributed by atoms with van der Waals surface area (Å²) in [4.78, 5) is 0. The summed E-state index contributed by atoms with van der Waals surface area (Å²) in [6.45, 7) is 0. The summed E-state index contributed by atoms with van der Waals surface area (Å²) < 4.78 is 10.6. The van der Waals surface area contributed by atoms with Crippen LogP contribution in [0.5, 0.6) is 11.5 Å². The minimum Gasteiger partial charge on any atom is -0.497 e. The fourth-order valence-corrected chi connectivity index (χ4v) is 2.53. The molecule has 106 valence electrons. The molecule has 0 saturated heterocycles. The Bertz CT molecular complexity index is 586. The number of hydrogen-bond donors (Lipinski definition) is 1. The molecule has 2 rings (SSSR count). The molecular weight excluding hydrogens is 274 g/mol. The van der Waals surface area contributed by atoms with E-state index < -0.39 is 0 Å². The second-order valence-corrected chi connectivity index (χ2v) is 4.76. The van der Waals surface area contributed by atoms with Crippen molar-refractivity contribution >= 4 is 11.6 Å². The van der Waals surface area contributed by atoms with Crippen molar-refractivity contribution in [2.75, 3.05) is 21.3 Å². The van der Waals surface area contributed by atoms with Gasteiger partial charge in [0.1, 0.15) is 11.5 Å². The lowest BCUT2D eigenvalue weighted by Crippen LogP contribution is -2.18. The Labute approximate surface area is 124 Å². The monoisotopic (exact) mass is 291 g/mol. The average Bonchev–Trinajstić information content (AvgIpc) is 2.50. The molecule has 0 aromatic heterocycles. The third-order valence-electron chi connectivity index (χ3n) is 3.26. The van der Waals surface area contributed by atoms with Gasteiger partial charge >= 0.3 is 0 Å². The molecule has 0 spiro atoms. The summed E-state index contributed by atoms with van der Waals surface area (Å²) in [7, 11) is 5.19. The van der Waals surface area contributed by atoms with Gasteiger partial charge in [0.05, 0.1) is 20.3 Å². The fourth-order valence-electron chi connectivity index (χ4n) is 2.25. The molecule has 0 amide bonds. The Kier molecular flexibility index (Phi) is 4.88. The van der Waals surface area contributed by atoms with Crippen molar-refractivity contribution in [3.63, 3.8) is 0 Å². The molecule has 3 nitrogen and oxygen atoms in total. The summed E-state index contributed by atoms with van der Waals surface area (Å²) in [6.07, 6.45) is 0. The number of methoxy groups -OCH3 is 2. The molecule has 2 aromatic carbocycles. The number of benzene rings is 2. The van der Waals surface area contributed by atoms with E-state index in [0.717, 1.165) is 22.6 Å². The normalized spacial score (nSPS) is 12.0. The van der Waals surface area contributed by atoms with Crippen molar-refractivity contribution in [1.82, 2.24) is 5.32 Å². The first-order valence-corrected chi connectivity index (χ1v) is 6.72. The van der Waals surface area contributed by atoms with Crippen LogP contribution in [0.3, 0.4) is 0 Å². The summed E-state index contributed by atoms with van der Waals surface area (Å²) in [6, 6.07) is 13.6. The largest absolute Gasteiger partial charge is 0.497 e. The first-order chi connectivity index (χ1) is 9.71. The van der Waals surface area contributed by atoms with E-state index in [0.29, 0.717) is 5.02 Å². The molecule has 0 aliphatic heterocycles. The second-order valence-electron chi connectivity index (χ2n) is 4.35. The highest BCUT2D eigenvalue weighted by Crippen LogP contribution is 2.34. The van der Waals surface area contributed by atoms with Gasteiger partial charge in [0.25, 0.3) is 0 Å². The number of hydrogen-bond acceptors (Lipinski definition) is 3. The number of rotatable bonds is 5. The van der Waals surface area contributed by atoms with Gasteiger partial charge in [-0.1, -0.05) is 35.9 Å². The molecule has 20 heavy (non-hydrogen) atoms. The SMILES string of the molecule is CNC(c1ccc(OC)cc1Cl)c1ccccc1OC. The van der Waals surface area contributed by atoms with Crippen LogP contribution in [0.2, 0.25) is 5.02 Å². The molecule has 0 saturated carbocycles. The topological polar surface area (TPSA) is 30.5 Å². The zero-order chi connectivity index (χ0) is 14.5. The Hall–Kier alpha value is -1.71. The van der Waals surface area contributed by atoms with E-state index in [4.69, 9.17) is 21.1 Å². The molecule has 0 radical (unpaired) electrons. The van der Waals surface area contributed by atoms with Crippen LogP contribution in [0.1, 0.15) is 17.2 Å². The summed E-state index contributed by atoms with van der Waals surface area (Å²) in [5, 5.41) is 3.94. The zero-order valence-electron chi connectivity index (χ0n) is 11.8. The maximum absolute atomic E-state index is 6.37. The number of nitrogens with one attached hydrogen (secondary N) is 1. The van der Waals surface area contributed by atoms with Crippen LogP contribution in [0.4, 0.5) is 0 Å². The molecule has 1 atom stereocenters. The highest BCUT2D eigenvalue weighted by molar-refractivity contribution is 6.31. The lowest BCUT2D eigenvalue weighted by molar-refractivity contribution is 0.405. The Morgan fingerprint density at radius 1 is 1.00 bits per heavy atom. The molecule has 1 unspecified atom stereocenters. The van der Waals surface area contributed by atoms with Crippen molar-refractivity contribution in [3.8, 4) is 11.5 Å². The van der Waals surface area contributed by atoms with E-state index in [9.17, 15) is 0 Å². The van der Waals surface area contributed by atoms with Crippen molar-refractivity contribution in [1.29, 1.82) is 0 Å². The van der Waals surface area contributed by atoms with Gasteiger partial charge in [-0.2, -0.15) is 0 Å². The molecular formula is C16H18ClNO2. The Morgan fingerprint density at radius 2 is 1.75 bits per heavy atom. The summed E-state index contributed by atoms with van der Waals surface area (Å²) >= 11 is 6.37. The minimum atomic E-state index is -0.0374. The van der Waals surface area contributed by atoms with Gasteiger partial charge in [0.15, 0.2) is 0 Å². The van der Waals surface area contributed by atoms with Gasteiger partial charge in [-0.25, -0.2) is 0 Å². The maximum atomic E-state index is 6.37. The molecule has 0 aliphatic rings. The lowest BCUT2D eigenvalue weighted by Gasteiger charge is -2.21. The third-order valence-corrected chi connectivity index (χ3v) is 3.58. The molecule has 0 bridgehead atoms.